The third-order valence-corrected chi connectivity index (χ3v) is 4.17. The molecule has 0 saturated heterocycles. The van der Waals surface area contributed by atoms with E-state index in [0.717, 1.165) is 17.0 Å². The van der Waals surface area contributed by atoms with Crippen LogP contribution in [0.2, 0.25) is 0 Å². The van der Waals surface area contributed by atoms with Crippen molar-refractivity contribution in [2.75, 3.05) is 11.9 Å². The zero-order chi connectivity index (χ0) is 20.7. The lowest BCUT2D eigenvalue weighted by atomic mass is 9.98. The Morgan fingerprint density at radius 1 is 1.04 bits per heavy atom. The monoisotopic (exact) mass is 400 g/mol. The van der Waals surface area contributed by atoms with Gasteiger partial charge in [-0.1, -0.05) is 19.9 Å². The molecule has 150 valence electrons. The molecule has 6 heteroatoms. The SMILES string of the molecule is Cc1cc(OCC(=O)NC(=S)Nc2ccc(OC(C)C)cc2)ccc1C(C)C. The predicted molar refractivity (Wildman–Crippen MR) is 117 cm³/mol. The Bertz CT molecular complexity index is 817. The van der Waals surface area contributed by atoms with Crippen LogP contribution in [-0.4, -0.2) is 23.7 Å². The summed E-state index contributed by atoms with van der Waals surface area (Å²) in [7, 11) is 0. The number of carbonyl (C=O) groups is 1. The molecule has 2 aromatic carbocycles. The van der Waals surface area contributed by atoms with E-state index in [4.69, 9.17) is 21.7 Å². The van der Waals surface area contributed by atoms with Crippen molar-refractivity contribution in [1.82, 2.24) is 5.32 Å². The smallest absolute Gasteiger partial charge is 0.264 e. The fraction of sp³-hybridized carbons (Fsp3) is 0.364. The quantitative estimate of drug-likeness (QED) is 0.654. The number of hydrogen-bond donors (Lipinski definition) is 2. The Balaban J connectivity index is 1.81. The summed E-state index contributed by atoms with van der Waals surface area (Å²) < 4.78 is 11.2. The predicted octanol–water partition coefficient (Wildman–Crippen LogP) is 4.80. The van der Waals surface area contributed by atoms with Gasteiger partial charge in [0.15, 0.2) is 11.7 Å². The Kier molecular flexibility index (Phi) is 7.81. The molecule has 0 heterocycles. The van der Waals surface area contributed by atoms with Crippen molar-refractivity contribution in [1.29, 1.82) is 0 Å². The van der Waals surface area contributed by atoms with E-state index in [1.165, 1.54) is 5.56 Å². The van der Waals surface area contributed by atoms with Gasteiger partial charge in [0.25, 0.3) is 5.91 Å². The first kappa shape index (κ1) is 21.7. The molecule has 0 aliphatic rings. The summed E-state index contributed by atoms with van der Waals surface area (Å²) in [5, 5.41) is 5.80. The van der Waals surface area contributed by atoms with Gasteiger partial charge in [0.2, 0.25) is 0 Å². The average Bonchev–Trinajstić information content (AvgIpc) is 2.61. The molecule has 0 saturated carbocycles. The van der Waals surface area contributed by atoms with Crippen LogP contribution in [-0.2, 0) is 4.79 Å². The lowest BCUT2D eigenvalue weighted by Crippen LogP contribution is -2.37. The number of amides is 1. The molecule has 0 fully saturated rings. The minimum atomic E-state index is -0.317. The molecular weight excluding hydrogens is 372 g/mol. The molecule has 2 N–H and O–H groups in total. The van der Waals surface area contributed by atoms with Crippen molar-refractivity contribution in [3.05, 3.63) is 53.6 Å². The largest absolute Gasteiger partial charge is 0.491 e. The highest BCUT2D eigenvalue weighted by Crippen LogP contribution is 2.23. The Morgan fingerprint density at radius 3 is 2.25 bits per heavy atom. The van der Waals surface area contributed by atoms with Gasteiger partial charge >= 0.3 is 0 Å². The first-order valence-electron chi connectivity index (χ1n) is 9.35. The Labute approximate surface area is 172 Å². The van der Waals surface area contributed by atoms with Crippen LogP contribution < -0.4 is 20.1 Å². The van der Waals surface area contributed by atoms with Crippen LogP contribution in [0, 0.1) is 6.92 Å². The number of thiocarbonyl (C=S) groups is 1. The normalized spacial score (nSPS) is 10.7. The van der Waals surface area contributed by atoms with Crippen LogP contribution in [0.3, 0.4) is 0 Å². The molecule has 28 heavy (non-hydrogen) atoms. The van der Waals surface area contributed by atoms with Crippen LogP contribution >= 0.6 is 12.2 Å². The molecule has 1 amide bonds. The van der Waals surface area contributed by atoms with Gasteiger partial charge in [0, 0.05) is 5.69 Å². The number of benzene rings is 2. The zero-order valence-electron chi connectivity index (χ0n) is 17.0. The lowest BCUT2D eigenvalue weighted by molar-refractivity contribution is -0.121. The first-order valence-corrected chi connectivity index (χ1v) is 9.76. The summed E-state index contributed by atoms with van der Waals surface area (Å²) in [4.78, 5) is 12.1. The molecule has 0 aliphatic carbocycles. The van der Waals surface area contributed by atoms with Gasteiger partial charge in [0.1, 0.15) is 11.5 Å². The third kappa shape index (κ3) is 6.85. The zero-order valence-corrected chi connectivity index (χ0v) is 17.9. The number of rotatable bonds is 7. The first-order chi connectivity index (χ1) is 13.2. The fourth-order valence-electron chi connectivity index (χ4n) is 2.75. The van der Waals surface area contributed by atoms with E-state index < -0.39 is 0 Å². The van der Waals surface area contributed by atoms with Crippen molar-refractivity contribution in [3.8, 4) is 11.5 Å². The number of carbonyl (C=O) groups excluding carboxylic acids is 1. The van der Waals surface area contributed by atoms with Gasteiger partial charge in [-0.3, -0.25) is 10.1 Å². The van der Waals surface area contributed by atoms with Gasteiger partial charge in [-0.25, -0.2) is 0 Å². The second-order valence-electron chi connectivity index (χ2n) is 7.16. The Morgan fingerprint density at radius 2 is 1.68 bits per heavy atom. The van der Waals surface area contributed by atoms with Gasteiger partial charge in [-0.15, -0.1) is 0 Å². The number of ether oxygens (including phenoxy) is 2. The highest BCUT2D eigenvalue weighted by atomic mass is 32.1. The van der Waals surface area contributed by atoms with Gasteiger partial charge in [-0.2, -0.15) is 0 Å². The van der Waals surface area contributed by atoms with Crippen LogP contribution in [0.4, 0.5) is 5.69 Å². The van der Waals surface area contributed by atoms with E-state index in [9.17, 15) is 4.79 Å². The van der Waals surface area contributed by atoms with Crippen LogP contribution in [0.15, 0.2) is 42.5 Å². The topological polar surface area (TPSA) is 59.6 Å². The minimum Gasteiger partial charge on any atom is -0.491 e. The highest BCUT2D eigenvalue weighted by Gasteiger charge is 2.09. The van der Waals surface area contributed by atoms with E-state index >= 15 is 0 Å². The highest BCUT2D eigenvalue weighted by molar-refractivity contribution is 7.80. The van der Waals surface area contributed by atoms with Crippen molar-refractivity contribution in [3.63, 3.8) is 0 Å². The molecule has 0 aromatic heterocycles. The van der Waals surface area contributed by atoms with Gasteiger partial charge in [-0.05, 0) is 86.4 Å². The van der Waals surface area contributed by atoms with Crippen LogP contribution in [0.1, 0.15) is 44.7 Å². The molecule has 0 spiro atoms. The number of nitrogens with one attached hydrogen (secondary N) is 2. The number of aryl methyl sites for hydroxylation is 1. The molecule has 5 nitrogen and oxygen atoms in total. The summed E-state index contributed by atoms with van der Waals surface area (Å²) in [6.07, 6.45) is 0.115. The summed E-state index contributed by atoms with van der Waals surface area (Å²) in [6.45, 7) is 10.2. The molecule has 2 rings (SSSR count). The lowest BCUT2D eigenvalue weighted by Gasteiger charge is -2.13. The van der Waals surface area contributed by atoms with Gasteiger partial charge in [0.05, 0.1) is 6.10 Å². The van der Waals surface area contributed by atoms with Crippen LogP contribution in [0.25, 0.3) is 0 Å². The van der Waals surface area contributed by atoms with E-state index in [2.05, 4.69) is 24.5 Å². The van der Waals surface area contributed by atoms with E-state index in [-0.39, 0.29) is 23.7 Å². The van der Waals surface area contributed by atoms with Crippen molar-refractivity contribution < 1.29 is 14.3 Å². The maximum absolute atomic E-state index is 12.1. The fourth-order valence-corrected chi connectivity index (χ4v) is 2.98. The van der Waals surface area contributed by atoms with E-state index in [1.54, 1.807) is 0 Å². The molecule has 0 aliphatic heterocycles. The van der Waals surface area contributed by atoms with Crippen LogP contribution in [0.5, 0.6) is 11.5 Å². The number of anilines is 1. The maximum atomic E-state index is 12.1. The summed E-state index contributed by atoms with van der Waals surface area (Å²) in [6, 6.07) is 13.2. The van der Waals surface area contributed by atoms with E-state index in [1.807, 2.05) is 63.2 Å². The third-order valence-electron chi connectivity index (χ3n) is 3.97. The molecule has 0 bridgehead atoms. The summed E-state index contributed by atoms with van der Waals surface area (Å²) >= 11 is 5.18. The van der Waals surface area contributed by atoms with Crippen molar-refractivity contribution in [2.24, 2.45) is 0 Å². The second-order valence-corrected chi connectivity index (χ2v) is 7.56. The molecule has 0 atom stereocenters. The Hall–Kier alpha value is -2.60. The van der Waals surface area contributed by atoms with E-state index in [0.29, 0.717) is 11.7 Å². The number of hydrogen-bond acceptors (Lipinski definition) is 4. The summed E-state index contributed by atoms with van der Waals surface area (Å²) in [5.74, 6) is 1.58. The summed E-state index contributed by atoms with van der Waals surface area (Å²) in [5.41, 5.74) is 3.18. The average molecular weight is 401 g/mol. The van der Waals surface area contributed by atoms with Gasteiger partial charge < -0.3 is 14.8 Å². The maximum Gasteiger partial charge on any atom is 0.264 e. The molecular formula is C22H28N2O3S. The van der Waals surface area contributed by atoms with Crippen molar-refractivity contribution in [2.45, 2.75) is 46.6 Å². The molecule has 0 unspecified atom stereocenters. The molecule has 2 aromatic rings. The molecule has 0 radical (unpaired) electrons. The minimum absolute atomic E-state index is 0.108. The second kappa shape index (κ2) is 10.1. The standard InChI is InChI=1S/C22H28N2O3S/c1-14(2)20-11-10-19(12-16(20)5)26-13-21(25)24-22(28)23-17-6-8-18(9-7-17)27-15(3)4/h6-12,14-15H,13H2,1-5H3,(H2,23,24,25,28). The van der Waals surface area contributed by atoms with Crippen molar-refractivity contribution >= 4 is 28.9 Å².